The van der Waals surface area contributed by atoms with Crippen LogP contribution in [0.4, 0.5) is 0 Å². The largest absolute Gasteiger partial charge is 0.469 e. The number of hydrogen-bond acceptors (Lipinski definition) is 3. The zero-order valence-electron chi connectivity index (χ0n) is 5.53. The SMILES string of the molecule is NN=NCCc1ccco1. The molecule has 1 rings (SSSR count). The molecule has 0 fully saturated rings. The van der Waals surface area contributed by atoms with Gasteiger partial charge in [0.2, 0.25) is 0 Å². The van der Waals surface area contributed by atoms with Gasteiger partial charge in [-0.1, -0.05) is 5.22 Å². The first-order chi connectivity index (χ1) is 4.93. The van der Waals surface area contributed by atoms with Crippen molar-refractivity contribution in [1.29, 1.82) is 0 Å². The Morgan fingerprint density at radius 1 is 1.60 bits per heavy atom. The fraction of sp³-hybridized carbons (Fsp3) is 0.333. The first kappa shape index (κ1) is 6.80. The van der Waals surface area contributed by atoms with Gasteiger partial charge in [0.1, 0.15) is 5.76 Å². The first-order valence-corrected chi connectivity index (χ1v) is 3.02. The van der Waals surface area contributed by atoms with Crippen LogP contribution < -0.4 is 5.84 Å². The molecule has 0 aliphatic rings. The summed E-state index contributed by atoms with van der Waals surface area (Å²) in [6, 6.07) is 3.74. The van der Waals surface area contributed by atoms with Crippen molar-refractivity contribution in [3.8, 4) is 0 Å². The van der Waals surface area contributed by atoms with E-state index in [-0.39, 0.29) is 0 Å². The van der Waals surface area contributed by atoms with Crippen molar-refractivity contribution >= 4 is 0 Å². The molecule has 0 spiro atoms. The molecule has 1 heterocycles. The number of nitrogens with two attached hydrogens (primary N) is 1. The van der Waals surface area contributed by atoms with E-state index < -0.39 is 0 Å². The van der Waals surface area contributed by atoms with Gasteiger partial charge in [0.15, 0.2) is 0 Å². The molecule has 0 aromatic carbocycles. The molecule has 2 N–H and O–H groups in total. The predicted octanol–water partition coefficient (Wildman–Crippen LogP) is 1.15. The molecule has 0 amide bonds. The van der Waals surface area contributed by atoms with E-state index in [2.05, 4.69) is 10.3 Å². The van der Waals surface area contributed by atoms with Crippen LogP contribution in [0.5, 0.6) is 0 Å². The Hall–Kier alpha value is -1.32. The zero-order valence-corrected chi connectivity index (χ0v) is 5.53. The van der Waals surface area contributed by atoms with E-state index in [4.69, 9.17) is 10.3 Å². The van der Waals surface area contributed by atoms with Gasteiger partial charge in [0.05, 0.1) is 12.8 Å². The standard InChI is InChI=1S/C6H9N3O/c7-9-8-4-3-6-2-1-5-10-6/h1-2,5H,3-4H2,(H2,7,8). The zero-order chi connectivity index (χ0) is 7.23. The van der Waals surface area contributed by atoms with E-state index in [0.717, 1.165) is 12.2 Å². The second-order valence-corrected chi connectivity index (χ2v) is 1.81. The summed E-state index contributed by atoms with van der Waals surface area (Å²) in [4.78, 5) is 0. The highest BCUT2D eigenvalue weighted by atomic mass is 16.3. The summed E-state index contributed by atoms with van der Waals surface area (Å²) in [5.74, 6) is 5.71. The Labute approximate surface area is 58.7 Å². The molecular formula is C6H9N3O. The van der Waals surface area contributed by atoms with Crippen molar-refractivity contribution in [3.63, 3.8) is 0 Å². The number of furan rings is 1. The highest BCUT2D eigenvalue weighted by Crippen LogP contribution is 2.00. The molecule has 10 heavy (non-hydrogen) atoms. The van der Waals surface area contributed by atoms with Crippen LogP contribution in [0.25, 0.3) is 0 Å². The molecule has 4 nitrogen and oxygen atoms in total. The lowest BCUT2D eigenvalue weighted by Gasteiger charge is -1.87. The van der Waals surface area contributed by atoms with E-state index in [1.165, 1.54) is 0 Å². The third-order valence-corrected chi connectivity index (χ3v) is 1.12. The lowest BCUT2D eigenvalue weighted by Crippen LogP contribution is -1.86. The van der Waals surface area contributed by atoms with Gasteiger partial charge in [0.25, 0.3) is 0 Å². The van der Waals surface area contributed by atoms with Gasteiger partial charge in [-0.2, -0.15) is 5.11 Å². The lowest BCUT2D eigenvalue weighted by atomic mass is 10.3. The Kier molecular flexibility index (Phi) is 2.49. The quantitative estimate of drug-likeness (QED) is 0.388. The van der Waals surface area contributed by atoms with Crippen LogP contribution in [0.3, 0.4) is 0 Å². The van der Waals surface area contributed by atoms with Gasteiger partial charge < -0.3 is 10.3 Å². The molecule has 0 saturated heterocycles. The van der Waals surface area contributed by atoms with E-state index in [0.29, 0.717) is 6.54 Å². The maximum Gasteiger partial charge on any atom is 0.105 e. The van der Waals surface area contributed by atoms with Crippen LogP contribution in [0, 0.1) is 0 Å². The monoisotopic (exact) mass is 139 g/mol. The van der Waals surface area contributed by atoms with E-state index >= 15 is 0 Å². The van der Waals surface area contributed by atoms with Crippen molar-refractivity contribution in [1.82, 2.24) is 0 Å². The Balaban J connectivity index is 2.28. The summed E-state index contributed by atoms with van der Waals surface area (Å²) in [5, 5.41) is 6.71. The van der Waals surface area contributed by atoms with Gasteiger partial charge in [-0.3, -0.25) is 0 Å². The molecule has 1 aromatic rings. The van der Waals surface area contributed by atoms with Crippen LogP contribution in [0.1, 0.15) is 5.76 Å². The third kappa shape index (κ3) is 1.89. The summed E-state index contributed by atoms with van der Waals surface area (Å²) < 4.78 is 5.04. The molecule has 0 radical (unpaired) electrons. The van der Waals surface area contributed by atoms with Crippen molar-refractivity contribution < 1.29 is 4.42 Å². The van der Waals surface area contributed by atoms with Crippen molar-refractivity contribution in [2.45, 2.75) is 6.42 Å². The minimum Gasteiger partial charge on any atom is -0.469 e. The average Bonchev–Trinajstić information content (AvgIpc) is 2.41. The highest BCUT2D eigenvalue weighted by Gasteiger charge is 1.91. The maximum absolute atomic E-state index is 5.04. The molecule has 0 aliphatic carbocycles. The van der Waals surface area contributed by atoms with E-state index in [1.807, 2.05) is 12.1 Å². The smallest absolute Gasteiger partial charge is 0.105 e. The fourth-order valence-corrected chi connectivity index (χ4v) is 0.673. The Bertz CT molecular complexity index is 193. The molecule has 4 heteroatoms. The minimum atomic E-state index is 0.587. The third-order valence-electron chi connectivity index (χ3n) is 1.12. The summed E-state index contributed by atoms with van der Waals surface area (Å²) in [6.45, 7) is 0.587. The number of nitrogens with zero attached hydrogens (tertiary/aromatic N) is 2. The molecule has 54 valence electrons. The average molecular weight is 139 g/mol. The van der Waals surface area contributed by atoms with E-state index in [1.54, 1.807) is 6.26 Å². The summed E-state index contributed by atoms with van der Waals surface area (Å²) in [6.07, 6.45) is 2.39. The van der Waals surface area contributed by atoms with Gasteiger partial charge in [-0.05, 0) is 12.1 Å². The first-order valence-electron chi connectivity index (χ1n) is 3.02. The Morgan fingerprint density at radius 3 is 3.10 bits per heavy atom. The van der Waals surface area contributed by atoms with Crippen molar-refractivity contribution in [2.24, 2.45) is 16.2 Å². The molecule has 0 aliphatic heterocycles. The van der Waals surface area contributed by atoms with Crippen molar-refractivity contribution in [2.75, 3.05) is 6.54 Å². The predicted molar refractivity (Wildman–Crippen MR) is 36.3 cm³/mol. The van der Waals surface area contributed by atoms with Crippen LogP contribution in [-0.2, 0) is 6.42 Å². The van der Waals surface area contributed by atoms with Crippen LogP contribution in [-0.4, -0.2) is 6.54 Å². The highest BCUT2D eigenvalue weighted by molar-refractivity contribution is 4.98. The second-order valence-electron chi connectivity index (χ2n) is 1.81. The van der Waals surface area contributed by atoms with Crippen LogP contribution >= 0.6 is 0 Å². The van der Waals surface area contributed by atoms with Gasteiger partial charge in [-0.15, -0.1) is 0 Å². The van der Waals surface area contributed by atoms with Crippen LogP contribution in [0.15, 0.2) is 33.2 Å². The summed E-state index contributed by atoms with van der Waals surface area (Å²) >= 11 is 0. The minimum absolute atomic E-state index is 0.587. The normalized spacial score (nSPS) is 10.8. The molecule has 1 aromatic heterocycles. The molecular weight excluding hydrogens is 130 g/mol. The van der Waals surface area contributed by atoms with E-state index in [9.17, 15) is 0 Å². The van der Waals surface area contributed by atoms with Gasteiger partial charge in [-0.25, -0.2) is 0 Å². The molecule has 0 atom stereocenters. The summed E-state index contributed by atoms with van der Waals surface area (Å²) in [7, 11) is 0. The fourth-order valence-electron chi connectivity index (χ4n) is 0.673. The Morgan fingerprint density at radius 2 is 2.50 bits per heavy atom. The van der Waals surface area contributed by atoms with Gasteiger partial charge in [0, 0.05) is 6.42 Å². The van der Waals surface area contributed by atoms with Gasteiger partial charge >= 0.3 is 0 Å². The maximum atomic E-state index is 5.04. The van der Waals surface area contributed by atoms with Crippen LogP contribution in [0.2, 0.25) is 0 Å². The molecule has 0 unspecified atom stereocenters. The molecule has 0 bridgehead atoms. The molecule has 0 saturated carbocycles. The lowest BCUT2D eigenvalue weighted by molar-refractivity contribution is 0.509. The van der Waals surface area contributed by atoms with Crippen molar-refractivity contribution in [3.05, 3.63) is 24.2 Å². The summed E-state index contributed by atoms with van der Waals surface area (Å²) in [5.41, 5.74) is 0. The number of rotatable bonds is 3. The topological polar surface area (TPSA) is 63.9 Å². The second kappa shape index (κ2) is 3.66. The number of hydrogen-bond donors (Lipinski definition) is 1.